The molecule has 1 aliphatic rings. The van der Waals surface area contributed by atoms with E-state index in [4.69, 9.17) is 4.98 Å². The van der Waals surface area contributed by atoms with Gasteiger partial charge in [0.1, 0.15) is 12.1 Å². The van der Waals surface area contributed by atoms with Gasteiger partial charge in [0.2, 0.25) is 0 Å². The molecule has 1 aliphatic heterocycles. The van der Waals surface area contributed by atoms with Crippen LogP contribution in [0.2, 0.25) is 0 Å². The minimum absolute atomic E-state index is 0.260. The molecule has 1 saturated heterocycles. The van der Waals surface area contributed by atoms with E-state index in [1.54, 1.807) is 24.7 Å². The zero-order valence-electron chi connectivity index (χ0n) is 17.3. The van der Waals surface area contributed by atoms with E-state index < -0.39 is 0 Å². The highest BCUT2D eigenvalue weighted by molar-refractivity contribution is 5.76. The molecule has 7 heteroatoms. The molecule has 3 aromatic heterocycles. The van der Waals surface area contributed by atoms with Crippen molar-refractivity contribution in [2.75, 3.05) is 13.1 Å². The topological polar surface area (TPSA) is 59.7 Å². The van der Waals surface area contributed by atoms with Gasteiger partial charge in [-0.2, -0.15) is 0 Å². The van der Waals surface area contributed by atoms with Crippen LogP contribution in [0, 0.1) is 12.7 Å². The van der Waals surface area contributed by atoms with Crippen molar-refractivity contribution in [3.05, 3.63) is 84.6 Å². The van der Waals surface area contributed by atoms with Crippen LogP contribution in [-0.2, 0) is 6.54 Å². The van der Waals surface area contributed by atoms with Gasteiger partial charge in [-0.25, -0.2) is 19.3 Å². The third kappa shape index (κ3) is 4.09. The van der Waals surface area contributed by atoms with Crippen LogP contribution in [-0.4, -0.2) is 42.5 Å². The molecule has 0 spiro atoms. The Balaban J connectivity index is 1.46. The number of nitrogens with zero attached hydrogens (tertiary/aromatic N) is 6. The number of rotatable bonds is 5. The van der Waals surface area contributed by atoms with Crippen molar-refractivity contribution in [2.24, 2.45) is 0 Å². The Morgan fingerprint density at radius 2 is 1.90 bits per heavy atom. The molecule has 0 aliphatic carbocycles. The molecule has 156 valence electrons. The van der Waals surface area contributed by atoms with Crippen LogP contribution in [0.5, 0.6) is 0 Å². The summed E-state index contributed by atoms with van der Waals surface area (Å²) in [5, 5.41) is 0. The van der Waals surface area contributed by atoms with Crippen molar-refractivity contribution in [1.82, 2.24) is 29.4 Å². The van der Waals surface area contributed by atoms with E-state index in [1.807, 2.05) is 25.5 Å². The van der Waals surface area contributed by atoms with E-state index >= 15 is 0 Å². The summed E-state index contributed by atoms with van der Waals surface area (Å²) in [4.78, 5) is 20.0. The second-order valence-electron chi connectivity index (χ2n) is 7.93. The highest BCUT2D eigenvalue weighted by atomic mass is 19.1. The largest absolute Gasteiger partial charge is 0.324 e. The predicted molar refractivity (Wildman–Crippen MR) is 117 cm³/mol. The molecule has 0 radical (unpaired) electrons. The molecule has 4 heterocycles. The van der Waals surface area contributed by atoms with Gasteiger partial charge >= 0.3 is 0 Å². The normalized spacial score (nSPS) is 16.6. The summed E-state index contributed by atoms with van der Waals surface area (Å²) in [6, 6.07) is 12.9. The van der Waals surface area contributed by atoms with Gasteiger partial charge in [-0.1, -0.05) is 0 Å². The van der Waals surface area contributed by atoms with Crippen LogP contribution in [0.15, 0.2) is 67.5 Å². The lowest BCUT2D eigenvalue weighted by Gasteiger charge is -2.19. The van der Waals surface area contributed by atoms with Gasteiger partial charge in [-0.05, 0) is 61.4 Å². The van der Waals surface area contributed by atoms with Gasteiger partial charge in [-0.3, -0.25) is 9.88 Å². The smallest absolute Gasteiger partial charge is 0.123 e. The fourth-order valence-electron chi connectivity index (χ4n) is 4.28. The molecular weight excluding hydrogens is 391 g/mol. The molecule has 4 aromatic rings. The molecule has 0 amide bonds. The molecule has 0 saturated carbocycles. The average Bonchev–Trinajstić information content (AvgIpc) is 3.42. The maximum Gasteiger partial charge on any atom is 0.123 e. The Kier molecular flexibility index (Phi) is 5.26. The van der Waals surface area contributed by atoms with Crippen molar-refractivity contribution in [3.63, 3.8) is 0 Å². The zero-order chi connectivity index (χ0) is 21.2. The molecule has 0 bridgehead atoms. The van der Waals surface area contributed by atoms with Crippen LogP contribution in [0.4, 0.5) is 4.39 Å². The fraction of sp³-hybridized carbons (Fsp3) is 0.250. The summed E-state index contributed by atoms with van der Waals surface area (Å²) >= 11 is 0. The summed E-state index contributed by atoms with van der Waals surface area (Å²) in [7, 11) is 0. The van der Waals surface area contributed by atoms with Gasteiger partial charge < -0.3 is 4.57 Å². The summed E-state index contributed by atoms with van der Waals surface area (Å²) < 4.78 is 15.7. The molecule has 1 fully saturated rings. The maximum atomic E-state index is 13.5. The lowest BCUT2D eigenvalue weighted by molar-refractivity contribution is 0.316. The van der Waals surface area contributed by atoms with E-state index in [0.717, 1.165) is 54.4 Å². The summed E-state index contributed by atoms with van der Waals surface area (Å²) in [5.74, 6) is -0.260. The fourth-order valence-corrected chi connectivity index (χ4v) is 4.28. The van der Waals surface area contributed by atoms with E-state index in [-0.39, 0.29) is 11.9 Å². The van der Waals surface area contributed by atoms with E-state index in [0.29, 0.717) is 0 Å². The Bertz CT molecular complexity index is 1170. The summed E-state index contributed by atoms with van der Waals surface area (Å²) in [6.45, 7) is 4.87. The van der Waals surface area contributed by atoms with Crippen molar-refractivity contribution in [1.29, 1.82) is 0 Å². The van der Waals surface area contributed by atoms with Crippen molar-refractivity contribution < 1.29 is 4.39 Å². The second kappa shape index (κ2) is 8.35. The first kappa shape index (κ1) is 19.5. The first-order chi connectivity index (χ1) is 15.2. The molecule has 1 unspecified atom stereocenters. The number of halogens is 1. The maximum absolute atomic E-state index is 13.5. The molecule has 1 aromatic carbocycles. The zero-order valence-corrected chi connectivity index (χ0v) is 17.3. The number of imidazole rings is 1. The Hall–Kier alpha value is -3.45. The third-order valence-electron chi connectivity index (χ3n) is 5.74. The number of hydrogen-bond donors (Lipinski definition) is 0. The Labute approximate surface area is 180 Å². The minimum Gasteiger partial charge on any atom is -0.324 e. The van der Waals surface area contributed by atoms with Gasteiger partial charge in [0.15, 0.2) is 0 Å². The van der Waals surface area contributed by atoms with Crippen molar-refractivity contribution in [2.45, 2.75) is 25.9 Å². The lowest BCUT2D eigenvalue weighted by Crippen LogP contribution is -2.21. The minimum atomic E-state index is -0.260. The molecule has 6 nitrogen and oxygen atoms in total. The van der Waals surface area contributed by atoms with Gasteiger partial charge in [0.25, 0.3) is 0 Å². The van der Waals surface area contributed by atoms with Crippen LogP contribution in [0.1, 0.15) is 23.7 Å². The van der Waals surface area contributed by atoms with Crippen LogP contribution in [0.3, 0.4) is 0 Å². The summed E-state index contributed by atoms with van der Waals surface area (Å²) in [6.07, 6.45) is 8.08. The highest BCUT2D eigenvalue weighted by Crippen LogP contribution is 2.35. The Morgan fingerprint density at radius 1 is 1.03 bits per heavy atom. The van der Waals surface area contributed by atoms with Crippen LogP contribution in [0.25, 0.3) is 22.6 Å². The van der Waals surface area contributed by atoms with Gasteiger partial charge in [-0.15, -0.1) is 0 Å². The number of aromatic nitrogens is 5. The molecule has 5 rings (SSSR count). The number of aryl methyl sites for hydroxylation is 1. The highest BCUT2D eigenvalue weighted by Gasteiger charge is 2.28. The van der Waals surface area contributed by atoms with Crippen LogP contribution < -0.4 is 0 Å². The van der Waals surface area contributed by atoms with Gasteiger partial charge in [0, 0.05) is 49.3 Å². The second-order valence-corrected chi connectivity index (χ2v) is 7.93. The monoisotopic (exact) mass is 414 g/mol. The predicted octanol–water partition coefficient (Wildman–Crippen LogP) is 4.30. The standard InChI is InChI=1S/C24H23FN6/c1-17-12-18(6-10-27-17)13-30-11-8-21(14-30)31-16-29-23(19-2-4-20(25)5-3-19)24(31)22-7-9-26-15-28-22/h2-7,9-10,12,15-16,21H,8,11,13-14H2,1H3. The first-order valence-electron chi connectivity index (χ1n) is 10.4. The van der Waals surface area contributed by atoms with Crippen molar-refractivity contribution in [3.8, 4) is 22.6 Å². The van der Waals surface area contributed by atoms with Crippen LogP contribution >= 0.6 is 0 Å². The molecule has 0 N–H and O–H groups in total. The number of hydrogen-bond acceptors (Lipinski definition) is 5. The van der Waals surface area contributed by atoms with E-state index in [9.17, 15) is 4.39 Å². The molecule has 1 atom stereocenters. The quantitative estimate of drug-likeness (QED) is 0.487. The average molecular weight is 414 g/mol. The lowest BCUT2D eigenvalue weighted by atomic mass is 10.1. The number of likely N-dealkylation sites (tertiary alicyclic amines) is 1. The number of pyridine rings is 1. The van der Waals surface area contributed by atoms with Gasteiger partial charge in [0.05, 0.1) is 23.4 Å². The summed E-state index contributed by atoms with van der Waals surface area (Å²) in [5.41, 5.74) is 5.76. The third-order valence-corrected chi connectivity index (χ3v) is 5.74. The first-order valence-corrected chi connectivity index (χ1v) is 10.4. The molecule has 31 heavy (non-hydrogen) atoms. The number of benzene rings is 1. The SMILES string of the molecule is Cc1cc(CN2CCC(n3cnc(-c4ccc(F)cc4)c3-c3ccncn3)C2)ccn1. The van der Waals surface area contributed by atoms with Crippen molar-refractivity contribution >= 4 is 0 Å². The Morgan fingerprint density at radius 3 is 2.68 bits per heavy atom. The van der Waals surface area contributed by atoms with E-state index in [2.05, 4.69) is 36.6 Å². The van der Waals surface area contributed by atoms with E-state index in [1.165, 1.54) is 17.7 Å². The molecular formula is C24H23FN6.